The van der Waals surface area contributed by atoms with Gasteiger partial charge in [-0.15, -0.1) is 10.2 Å². The van der Waals surface area contributed by atoms with E-state index in [0.717, 1.165) is 24.2 Å². The fourth-order valence-corrected chi connectivity index (χ4v) is 2.96. The molecular weight excluding hydrogens is 332 g/mol. The Kier molecular flexibility index (Phi) is 4.32. The number of piperazine rings is 1. The van der Waals surface area contributed by atoms with Gasteiger partial charge in [0.25, 0.3) is 5.91 Å². The third-order valence-electron chi connectivity index (χ3n) is 4.39. The van der Waals surface area contributed by atoms with Crippen molar-refractivity contribution in [3.63, 3.8) is 0 Å². The molecule has 8 nitrogen and oxygen atoms in total. The number of aromatic nitrogens is 4. The second-order valence-corrected chi connectivity index (χ2v) is 6.06. The molecule has 4 rings (SSSR count). The van der Waals surface area contributed by atoms with E-state index < -0.39 is 0 Å². The zero-order chi connectivity index (χ0) is 17.9. The van der Waals surface area contributed by atoms with E-state index in [-0.39, 0.29) is 11.7 Å². The van der Waals surface area contributed by atoms with Crippen molar-refractivity contribution in [1.29, 1.82) is 0 Å². The number of rotatable bonds is 3. The maximum absolute atomic E-state index is 12.4. The lowest BCUT2D eigenvalue weighted by atomic mass is 10.0. The van der Waals surface area contributed by atoms with Crippen LogP contribution in [0, 0.1) is 0 Å². The Morgan fingerprint density at radius 1 is 1.08 bits per heavy atom. The average molecular weight is 350 g/mol. The van der Waals surface area contributed by atoms with Gasteiger partial charge < -0.3 is 15.3 Å². The van der Waals surface area contributed by atoms with Crippen LogP contribution in [0.25, 0.3) is 22.4 Å². The summed E-state index contributed by atoms with van der Waals surface area (Å²) in [6.45, 7) is 2.90. The number of aromatic amines is 1. The van der Waals surface area contributed by atoms with Crippen molar-refractivity contribution in [3.8, 4) is 28.1 Å². The third kappa shape index (κ3) is 3.14. The smallest absolute Gasteiger partial charge is 0.274 e. The van der Waals surface area contributed by atoms with Crippen molar-refractivity contribution in [2.45, 2.75) is 0 Å². The number of amides is 1. The maximum Gasteiger partial charge on any atom is 0.274 e. The Morgan fingerprint density at radius 2 is 1.92 bits per heavy atom. The Balaban J connectivity index is 1.56. The number of nitrogens with one attached hydrogen (secondary N) is 2. The van der Waals surface area contributed by atoms with Gasteiger partial charge >= 0.3 is 0 Å². The van der Waals surface area contributed by atoms with Crippen LogP contribution in [0.2, 0.25) is 0 Å². The number of nitrogens with zero attached hydrogens (tertiary/aromatic N) is 4. The maximum atomic E-state index is 12.4. The molecule has 2 aromatic heterocycles. The predicted molar refractivity (Wildman–Crippen MR) is 95.5 cm³/mol. The summed E-state index contributed by atoms with van der Waals surface area (Å²) < 4.78 is 0. The van der Waals surface area contributed by atoms with Crippen molar-refractivity contribution in [2.24, 2.45) is 0 Å². The lowest BCUT2D eigenvalue weighted by Crippen LogP contribution is -2.46. The van der Waals surface area contributed by atoms with E-state index >= 15 is 0 Å². The zero-order valence-electron chi connectivity index (χ0n) is 14.0. The summed E-state index contributed by atoms with van der Waals surface area (Å²) in [7, 11) is 0. The molecule has 0 unspecified atom stereocenters. The number of phenolic OH excluding ortho intramolecular Hbond substituents is 1. The fraction of sp³-hybridized carbons (Fsp3) is 0.222. The number of benzene rings is 1. The molecule has 1 aliphatic heterocycles. The van der Waals surface area contributed by atoms with Gasteiger partial charge in [-0.1, -0.05) is 6.07 Å². The van der Waals surface area contributed by atoms with Gasteiger partial charge in [0, 0.05) is 43.5 Å². The van der Waals surface area contributed by atoms with Crippen LogP contribution in [-0.4, -0.2) is 62.5 Å². The monoisotopic (exact) mass is 350 g/mol. The fourth-order valence-electron chi connectivity index (χ4n) is 2.96. The Morgan fingerprint density at radius 3 is 2.58 bits per heavy atom. The minimum Gasteiger partial charge on any atom is -0.507 e. The van der Waals surface area contributed by atoms with Crippen LogP contribution < -0.4 is 5.32 Å². The summed E-state index contributed by atoms with van der Waals surface area (Å²) in [6.07, 6.45) is 3.44. The largest absolute Gasteiger partial charge is 0.507 e. The summed E-state index contributed by atoms with van der Waals surface area (Å²) in [5.41, 5.74) is 3.11. The van der Waals surface area contributed by atoms with Gasteiger partial charge in [0.2, 0.25) is 0 Å². The number of hydrogen-bond donors (Lipinski definition) is 3. The van der Waals surface area contributed by atoms with Gasteiger partial charge in [-0.05, 0) is 29.8 Å². The molecule has 3 heterocycles. The molecule has 0 spiro atoms. The standard InChI is InChI=1S/C18H18N6O2/c25-17-9-12(13-10-20-21-11-13)1-2-14(17)15-3-4-16(23-22-15)18(26)24-7-5-19-6-8-24/h1-4,9-11,19,25H,5-8H2,(H,20,21). The first-order valence-electron chi connectivity index (χ1n) is 8.38. The van der Waals surface area contributed by atoms with E-state index in [1.807, 2.05) is 6.07 Å². The first-order valence-corrected chi connectivity index (χ1v) is 8.38. The summed E-state index contributed by atoms with van der Waals surface area (Å²) in [6, 6.07) is 8.66. The van der Waals surface area contributed by atoms with Gasteiger partial charge in [-0.25, -0.2) is 0 Å². The van der Waals surface area contributed by atoms with Crippen LogP contribution in [0.5, 0.6) is 5.75 Å². The number of aromatic hydroxyl groups is 1. The van der Waals surface area contributed by atoms with Crippen LogP contribution in [-0.2, 0) is 0 Å². The molecule has 8 heteroatoms. The number of carbonyl (C=O) groups excluding carboxylic acids is 1. The average Bonchev–Trinajstić information content (AvgIpc) is 3.23. The second-order valence-electron chi connectivity index (χ2n) is 6.06. The summed E-state index contributed by atoms with van der Waals surface area (Å²) in [5.74, 6) is -0.0238. The van der Waals surface area contributed by atoms with Crippen molar-refractivity contribution in [3.05, 3.63) is 48.4 Å². The van der Waals surface area contributed by atoms with Crippen molar-refractivity contribution in [1.82, 2.24) is 30.6 Å². The number of phenols is 1. The molecule has 1 aliphatic rings. The molecule has 26 heavy (non-hydrogen) atoms. The molecule has 1 amide bonds. The van der Waals surface area contributed by atoms with Crippen molar-refractivity contribution < 1.29 is 9.90 Å². The highest BCUT2D eigenvalue weighted by Crippen LogP contribution is 2.31. The molecule has 132 valence electrons. The quantitative estimate of drug-likeness (QED) is 0.657. The lowest BCUT2D eigenvalue weighted by molar-refractivity contribution is 0.0728. The molecule has 0 bridgehead atoms. The first kappa shape index (κ1) is 16.2. The molecule has 0 aliphatic carbocycles. The molecular formula is C18H18N6O2. The summed E-state index contributed by atoms with van der Waals surface area (Å²) in [4.78, 5) is 14.2. The van der Waals surface area contributed by atoms with E-state index in [2.05, 4.69) is 25.7 Å². The molecule has 0 radical (unpaired) electrons. The van der Waals surface area contributed by atoms with E-state index in [1.54, 1.807) is 41.6 Å². The minimum atomic E-state index is -0.120. The number of carbonyl (C=O) groups is 1. The SMILES string of the molecule is O=C(c1ccc(-c2ccc(-c3cn[nH]c3)cc2O)nn1)N1CCNCC1. The van der Waals surface area contributed by atoms with Crippen LogP contribution in [0.15, 0.2) is 42.7 Å². The molecule has 0 saturated carbocycles. The van der Waals surface area contributed by atoms with Gasteiger partial charge in [0.05, 0.1) is 11.9 Å². The second kappa shape index (κ2) is 6.93. The van der Waals surface area contributed by atoms with Gasteiger partial charge in [0.15, 0.2) is 5.69 Å². The molecule has 3 aromatic rings. The Bertz CT molecular complexity index is 902. The zero-order valence-corrected chi connectivity index (χ0v) is 14.0. The van der Waals surface area contributed by atoms with Crippen molar-refractivity contribution >= 4 is 5.91 Å². The molecule has 1 aromatic carbocycles. The minimum absolute atomic E-state index is 0.0965. The van der Waals surface area contributed by atoms with Crippen LogP contribution >= 0.6 is 0 Å². The lowest BCUT2D eigenvalue weighted by Gasteiger charge is -2.26. The van der Waals surface area contributed by atoms with Crippen molar-refractivity contribution in [2.75, 3.05) is 26.2 Å². The normalized spacial score (nSPS) is 14.4. The van der Waals surface area contributed by atoms with E-state index in [0.29, 0.717) is 30.0 Å². The van der Waals surface area contributed by atoms with Crippen LogP contribution in [0.4, 0.5) is 0 Å². The topological polar surface area (TPSA) is 107 Å². The van der Waals surface area contributed by atoms with E-state index in [4.69, 9.17) is 0 Å². The van der Waals surface area contributed by atoms with E-state index in [1.165, 1.54) is 0 Å². The molecule has 0 atom stereocenters. The predicted octanol–water partition coefficient (Wildman–Crippen LogP) is 1.28. The van der Waals surface area contributed by atoms with Gasteiger partial charge in [-0.3, -0.25) is 9.89 Å². The molecule has 1 fully saturated rings. The Labute approximate surface area is 149 Å². The highest BCUT2D eigenvalue weighted by atomic mass is 16.3. The number of H-pyrrole nitrogens is 1. The number of hydrogen-bond acceptors (Lipinski definition) is 6. The van der Waals surface area contributed by atoms with Crippen LogP contribution in [0.3, 0.4) is 0 Å². The highest BCUT2D eigenvalue weighted by Gasteiger charge is 2.19. The first-order chi connectivity index (χ1) is 12.7. The highest BCUT2D eigenvalue weighted by molar-refractivity contribution is 5.92. The Hall–Kier alpha value is -3.26. The third-order valence-corrected chi connectivity index (χ3v) is 4.39. The van der Waals surface area contributed by atoms with Crippen LogP contribution in [0.1, 0.15) is 10.5 Å². The summed E-state index contributed by atoms with van der Waals surface area (Å²) >= 11 is 0. The summed E-state index contributed by atoms with van der Waals surface area (Å²) in [5, 5.41) is 28.4. The molecule has 1 saturated heterocycles. The van der Waals surface area contributed by atoms with E-state index in [9.17, 15) is 9.90 Å². The van der Waals surface area contributed by atoms with Gasteiger partial charge in [0.1, 0.15) is 5.75 Å². The molecule has 3 N–H and O–H groups in total. The van der Waals surface area contributed by atoms with Gasteiger partial charge in [-0.2, -0.15) is 5.10 Å².